The Labute approximate surface area is 163 Å². The van der Waals surface area contributed by atoms with Crippen LogP contribution in [0, 0.1) is 11.8 Å². The quantitative estimate of drug-likeness (QED) is 0.205. The van der Waals surface area contributed by atoms with Gasteiger partial charge in [0.15, 0.2) is 0 Å². The molecule has 0 heterocycles. The van der Waals surface area contributed by atoms with Crippen LogP contribution in [0.3, 0.4) is 0 Å². The summed E-state index contributed by atoms with van der Waals surface area (Å²) < 4.78 is 5.16. The first-order chi connectivity index (χ1) is 12.7. The Morgan fingerprint density at radius 3 is 2.48 bits per heavy atom. The number of nitrogens with zero attached hydrogens (tertiary/aromatic N) is 1. The van der Waals surface area contributed by atoms with Crippen molar-refractivity contribution in [2.24, 2.45) is 22.7 Å². The largest absolute Gasteiger partial charge is 0.444 e. The number of nitrogens with two attached hydrogens (primary N) is 1. The number of carbonyl (C=O) groups is 2. The lowest BCUT2D eigenvalue weighted by molar-refractivity contribution is -0.148. The van der Waals surface area contributed by atoms with Gasteiger partial charge in [-0.05, 0) is 39.5 Å². The number of rotatable bonds is 9. The third kappa shape index (κ3) is 11.5. The molecular formula is C20H37N3O4. The molecule has 1 amide bonds. The molecule has 0 radical (unpaired) electrons. The second kappa shape index (κ2) is 11.8. The SMILES string of the molecule is C[C@@H](CCCCNC(=O)OC(C)(C)C)C(=O)ON=C(N)CC1CCCCC1. The number of carbonyl (C=O) groups excluding carboxylic acids is 2. The van der Waals surface area contributed by atoms with Gasteiger partial charge in [0, 0.05) is 13.0 Å². The number of hydrogen-bond donors (Lipinski definition) is 2. The summed E-state index contributed by atoms with van der Waals surface area (Å²) in [5.41, 5.74) is 5.39. The third-order valence-electron chi connectivity index (χ3n) is 4.61. The molecule has 0 aromatic rings. The van der Waals surface area contributed by atoms with Crippen LogP contribution in [0.25, 0.3) is 0 Å². The monoisotopic (exact) mass is 383 g/mol. The van der Waals surface area contributed by atoms with Crippen LogP contribution in [-0.4, -0.2) is 30.0 Å². The van der Waals surface area contributed by atoms with Crippen molar-refractivity contribution in [3.63, 3.8) is 0 Å². The van der Waals surface area contributed by atoms with Crippen molar-refractivity contribution in [3.05, 3.63) is 0 Å². The maximum atomic E-state index is 12.0. The third-order valence-corrected chi connectivity index (χ3v) is 4.61. The molecular weight excluding hydrogens is 346 g/mol. The molecule has 0 bridgehead atoms. The fraction of sp³-hybridized carbons (Fsp3) is 0.850. The number of amidine groups is 1. The van der Waals surface area contributed by atoms with Crippen LogP contribution in [0.15, 0.2) is 5.16 Å². The predicted octanol–water partition coefficient (Wildman–Crippen LogP) is 4.10. The first kappa shape index (κ1) is 23.2. The molecule has 0 aromatic heterocycles. The van der Waals surface area contributed by atoms with Gasteiger partial charge in [-0.15, -0.1) is 0 Å². The van der Waals surface area contributed by atoms with E-state index in [2.05, 4.69) is 10.5 Å². The van der Waals surface area contributed by atoms with E-state index < -0.39 is 11.7 Å². The highest BCUT2D eigenvalue weighted by molar-refractivity contribution is 5.81. The minimum atomic E-state index is -0.498. The lowest BCUT2D eigenvalue weighted by atomic mass is 9.87. The van der Waals surface area contributed by atoms with Gasteiger partial charge in [-0.3, -0.25) is 0 Å². The number of alkyl carbamates (subject to hydrolysis) is 1. The summed E-state index contributed by atoms with van der Waals surface area (Å²) in [4.78, 5) is 28.5. The zero-order chi connectivity index (χ0) is 20.3. The van der Waals surface area contributed by atoms with Gasteiger partial charge in [-0.1, -0.05) is 50.6 Å². The molecule has 1 aliphatic rings. The smallest absolute Gasteiger partial charge is 0.407 e. The van der Waals surface area contributed by atoms with Gasteiger partial charge in [-0.2, -0.15) is 0 Å². The van der Waals surface area contributed by atoms with Crippen LogP contribution >= 0.6 is 0 Å². The van der Waals surface area contributed by atoms with Gasteiger partial charge >= 0.3 is 12.1 Å². The zero-order valence-corrected chi connectivity index (χ0v) is 17.4. The molecule has 0 aliphatic heterocycles. The van der Waals surface area contributed by atoms with Crippen molar-refractivity contribution in [2.45, 2.75) is 91.1 Å². The van der Waals surface area contributed by atoms with E-state index in [1.165, 1.54) is 32.1 Å². The van der Waals surface area contributed by atoms with E-state index in [9.17, 15) is 9.59 Å². The summed E-state index contributed by atoms with van der Waals surface area (Å²) in [7, 11) is 0. The van der Waals surface area contributed by atoms with Crippen molar-refractivity contribution in [2.75, 3.05) is 6.54 Å². The summed E-state index contributed by atoms with van der Waals surface area (Å²) in [6, 6.07) is 0. The van der Waals surface area contributed by atoms with E-state index in [-0.39, 0.29) is 11.9 Å². The number of oxime groups is 1. The van der Waals surface area contributed by atoms with Crippen LogP contribution in [0.1, 0.15) is 85.5 Å². The summed E-state index contributed by atoms with van der Waals surface area (Å²) in [6.07, 6.45) is 8.68. The molecule has 0 unspecified atom stereocenters. The number of unbranched alkanes of at least 4 members (excludes halogenated alkanes) is 1. The fourth-order valence-corrected chi connectivity index (χ4v) is 3.12. The normalized spacial score (nSPS) is 17.3. The van der Waals surface area contributed by atoms with E-state index in [0.717, 1.165) is 12.8 Å². The first-order valence-corrected chi connectivity index (χ1v) is 10.2. The van der Waals surface area contributed by atoms with Gasteiger partial charge in [0.2, 0.25) is 0 Å². The molecule has 27 heavy (non-hydrogen) atoms. The highest BCUT2D eigenvalue weighted by Crippen LogP contribution is 2.26. The van der Waals surface area contributed by atoms with Crippen LogP contribution in [-0.2, 0) is 14.4 Å². The number of hydrogen-bond acceptors (Lipinski definition) is 5. The highest BCUT2D eigenvalue weighted by Gasteiger charge is 2.18. The van der Waals surface area contributed by atoms with Crippen molar-refractivity contribution in [1.82, 2.24) is 5.32 Å². The van der Waals surface area contributed by atoms with E-state index in [1.807, 2.05) is 27.7 Å². The molecule has 1 atom stereocenters. The number of nitrogens with one attached hydrogen (secondary N) is 1. The molecule has 1 fully saturated rings. The second-order valence-corrected chi connectivity index (χ2v) is 8.53. The molecule has 0 aromatic carbocycles. The lowest BCUT2D eigenvalue weighted by Gasteiger charge is -2.20. The van der Waals surface area contributed by atoms with Crippen molar-refractivity contribution >= 4 is 17.9 Å². The van der Waals surface area contributed by atoms with Crippen molar-refractivity contribution in [3.8, 4) is 0 Å². The Bertz CT molecular complexity index is 494. The van der Waals surface area contributed by atoms with Gasteiger partial charge in [0.05, 0.1) is 5.92 Å². The summed E-state index contributed by atoms with van der Waals surface area (Å²) >= 11 is 0. The molecule has 1 rings (SSSR count). The predicted molar refractivity (Wildman–Crippen MR) is 106 cm³/mol. The van der Waals surface area contributed by atoms with E-state index in [4.69, 9.17) is 15.3 Å². The van der Waals surface area contributed by atoms with Gasteiger partial charge < -0.3 is 20.6 Å². The van der Waals surface area contributed by atoms with E-state index in [1.54, 1.807) is 0 Å². The molecule has 3 N–H and O–H groups in total. The Morgan fingerprint density at radius 2 is 1.85 bits per heavy atom. The number of ether oxygens (including phenoxy) is 1. The minimum absolute atomic E-state index is 0.252. The Morgan fingerprint density at radius 1 is 1.19 bits per heavy atom. The van der Waals surface area contributed by atoms with E-state index in [0.29, 0.717) is 31.1 Å². The summed E-state index contributed by atoms with van der Waals surface area (Å²) in [5.74, 6) is 0.361. The standard InChI is InChI=1S/C20H37N3O4/c1-15(10-8-9-13-22-19(25)26-20(2,3)4)18(24)27-23-17(21)14-16-11-6-5-7-12-16/h15-16H,5-14H2,1-4H3,(H2,21,23)(H,22,25)/t15-/m0/s1. The van der Waals surface area contributed by atoms with Crippen molar-refractivity contribution < 1.29 is 19.2 Å². The average molecular weight is 384 g/mol. The van der Waals surface area contributed by atoms with Crippen LogP contribution < -0.4 is 11.1 Å². The van der Waals surface area contributed by atoms with Gasteiger partial charge in [0.1, 0.15) is 11.4 Å². The maximum Gasteiger partial charge on any atom is 0.407 e. The van der Waals surface area contributed by atoms with Gasteiger partial charge in [-0.25, -0.2) is 9.59 Å². The molecule has 0 saturated heterocycles. The first-order valence-electron chi connectivity index (χ1n) is 10.2. The molecule has 156 valence electrons. The Kier molecular flexibility index (Phi) is 10.2. The van der Waals surface area contributed by atoms with Crippen LogP contribution in [0.2, 0.25) is 0 Å². The molecule has 7 nitrogen and oxygen atoms in total. The summed E-state index contributed by atoms with van der Waals surface area (Å²) in [5, 5.41) is 6.52. The second-order valence-electron chi connectivity index (χ2n) is 8.53. The van der Waals surface area contributed by atoms with E-state index >= 15 is 0 Å². The molecule has 7 heteroatoms. The Hall–Kier alpha value is -1.79. The Balaban J connectivity index is 2.14. The molecule has 1 saturated carbocycles. The highest BCUT2D eigenvalue weighted by atomic mass is 16.7. The van der Waals surface area contributed by atoms with Crippen LogP contribution in [0.4, 0.5) is 4.79 Å². The number of amides is 1. The maximum absolute atomic E-state index is 12.0. The zero-order valence-electron chi connectivity index (χ0n) is 17.4. The fourth-order valence-electron chi connectivity index (χ4n) is 3.12. The lowest BCUT2D eigenvalue weighted by Crippen LogP contribution is -2.33. The van der Waals surface area contributed by atoms with Crippen LogP contribution in [0.5, 0.6) is 0 Å². The molecule has 1 aliphatic carbocycles. The minimum Gasteiger partial charge on any atom is -0.444 e. The molecule has 0 spiro atoms. The topological polar surface area (TPSA) is 103 Å². The van der Waals surface area contributed by atoms with Crippen molar-refractivity contribution in [1.29, 1.82) is 0 Å². The van der Waals surface area contributed by atoms with Gasteiger partial charge in [0.25, 0.3) is 0 Å². The summed E-state index contributed by atoms with van der Waals surface area (Å²) in [6.45, 7) is 7.80. The average Bonchev–Trinajstić information content (AvgIpc) is 2.58.